The monoisotopic (exact) mass is 382 g/mol. The molecule has 2 aliphatic rings. The van der Waals surface area contributed by atoms with Crippen LogP contribution < -0.4 is 5.32 Å². The first kappa shape index (κ1) is 18.2. The lowest BCUT2D eigenvalue weighted by molar-refractivity contribution is 0.446. The van der Waals surface area contributed by atoms with Crippen LogP contribution in [-0.2, 0) is 0 Å². The van der Waals surface area contributed by atoms with Crippen molar-refractivity contribution in [3.05, 3.63) is 89.0 Å². The molecule has 7 heteroatoms. The Balaban J connectivity index is 1.81. The molecule has 1 aromatic heterocycles. The zero-order chi connectivity index (χ0) is 19.7. The molecule has 1 aliphatic carbocycles. The maximum atomic E-state index is 14.3. The highest BCUT2D eigenvalue weighted by Crippen LogP contribution is 2.28. The number of benzene rings is 1. The average molecular weight is 382 g/mol. The molecule has 1 N–H and O–H groups in total. The first-order valence-electron chi connectivity index (χ1n) is 8.89. The van der Waals surface area contributed by atoms with Crippen molar-refractivity contribution in [2.75, 3.05) is 0 Å². The van der Waals surface area contributed by atoms with E-state index in [-0.39, 0.29) is 17.3 Å². The highest BCUT2D eigenvalue weighted by molar-refractivity contribution is 6.16. The third-order valence-corrected chi connectivity index (χ3v) is 4.68. The lowest BCUT2D eigenvalue weighted by Gasteiger charge is -2.26. The third-order valence-electron chi connectivity index (χ3n) is 4.68. The minimum Gasteiger partial charge on any atom is -0.325 e. The van der Waals surface area contributed by atoms with Crippen molar-refractivity contribution < 1.29 is 13.2 Å². The van der Waals surface area contributed by atoms with Gasteiger partial charge in [-0.15, -0.1) is 0 Å². The molecule has 0 amide bonds. The van der Waals surface area contributed by atoms with Crippen LogP contribution >= 0.6 is 0 Å². The maximum absolute atomic E-state index is 14.3. The molecule has 142 valence electrons. The molecule has 1 aliphatic heterocycles. The lowest BCUT2D eigenvalue weighted by atomic mass is 9.92. The van der Waals surface area contributed by atoms with Crippen LogP contribution in [-0.4, -0.2) is 16.7 Å². The number of allylic oxidation sites excluding steroid dienone is 3. The summed E-state index contributed by atoms with van der Waals surface area (Å²) in [6, 6.07) is 10.1. The highest BCUT2D eigenvalue weighted by Gasteiger charge is 2.26. The predicted octanol–water partition coefficient (Wildman–Crippen LogP) is 4.47. The molecule has 0 saturated carbocycles. The molecule has 2 aromatic rings. The van der Waals surface area contributed by atoms with Crippen LogP contribution in [0.1, 0.15) is 30.6 Å². The number of rotatable bonds is 3. The molecule has 0 fully saturated rings. The van der Waals surface area contributed by atoms with E-state index < -0.39 is 23.9 Å². The first-order valence-corrected chi connectivity index (χ1v) is 8.89. The molecule has 2 heterocycles. The van der Waals surface area contributed by atoms with Crippen molar-refractivity contribution in [1.29, 1.82) is 0 Å². The van der Waals surface area contributed by atoms with E-state index in [2.05, 4.69) is 33.3 Å². The van der Waals surface area contributed by atoms with Gasteiger partial charge < -0.3 is 5.32 Å². The summed E-state index contributed by atoms with van der Waals surface area (Å²) in [5.74, 6) is -3.08. The van der Waals surface area contributed by atoms with Crippen LogP contribution in [0.25, 0.3) is 0 Å². The Kier molecular flexibility index (Phi) is 4.81. The molecule has 28 heavy (non-hydrogen) atoms. The van der Waals surface area contributed by atoms with Gasteiger partial charge >= 0.3 is 0 Å². The van der Waals surface area contributed by atoms with Crippen LogP contribution in [0, 0.1) is 23.6 Å². The van der Waals surface area contributed by atoms with Crippen LogP contribution in [0.2, 0.25) is 0 Å². The van der Waals surface area contributed by atoms with Crippen LogP contribution in [0.4, 0.5) is 13.2 Å². The van der Waals surface area contributed by atoms with E-state index in [0.29, 0.717) is 5.84 Å². The number of halogens is 3. The number of amidine groups is 2. The Hall–Kier alpha value is -3.22. The summed E-state index contributed by atoms with van der Waals surface area (Å²) in [6.45, 7) is 2.06. The van der Waals surface area contributed by atoms with Crippen molar-refractivity contribution in [3.63, 3.8) is 0 Å². The summed E-state index contributed by atoms with van der Waals surface area (Å²) in [5.41, 5.74) is 1.49. The van der Waals surface area contributed by atoms with Gasteiger partial charge in [0.05, 0.1) is 5.56 Å². The Morgan fingerprint density at radius 1 is 1.00 bits per heavy atom. The van der Waals surface area contributed by atoms with Gasteiger partial charge in [0.15, 0.2) is 12.0 Å². The van der Waals surface area contributed by atoms with Crippen molar-refractivity contribution >= 4 is 11.7 Å². The molecule has 2 unspecified atom stereocenters. The van der Waals surface area contributed by atoms with E-state index in [0.717, 1.165) is 23.6 Å². The smallest absolute Gasteiger partial charge is 0.251 e. The first-order chi connectivity index (χ1) is 13.5. The fourth-order valence-corrected chi connectivity index (χ4v) is 3.18. The molecule has 0 spiro atoms. The number of hydrogen-bond acceptors (Lipinski definition) is 4. The van der Waals surface area contributed by atoms with Crippen molar-refractivity contribution in [2.24, 2.45) is 15.9 Å². The molecule has 2 atom stereocenters. The van der Waals surface area contributed by atoms with Gasteiger partial charge in [-0.2, -0.15) is 13.8 Å². The third kappa shape index (κ3) is 3.47. The van der Waals surface area contributed by atoms with E-state index in [4.69, 9.17) is 0 Å². The van der Waals surface area contributed by atoms with Crippen LogP contribution in [0.3, 0.4) is 0 Å². The van der Waals surface area contributed by atoms with E-state index in [1.54, 1.807) is 0 Å². The van der Waals surface area contributed by atoms with E-state index in [1.165, 1.54) is 0 Å². The summed E-state index contributed by atoms with van der Waals surface area (Å²) in [4.78, 5) is 12.1. The molecule has 4 rings (SSSR count). The maximum Gasteiger partial charge on any atom is 0.251 e. The minimum absolute atomic E-state index is 0.0606. The quantitative estimate of drug-likeness (QED) is 0.797. The second-order valence-electron chi connectivity index (χ2n) is 6.65. The number of nitrogens with one attached hydrogen (secondary N) is 1. The number of nitrogens with zero attached hydrogens (tertiary/aromatic N) is 3. The standard InChI is InChI=1S/C21H17F3N4/c1-12-7-5-6-10-14(12)20-26-19(13-8-3-2-4-9-13)27-21(28-20)15-11-16(22)18(24)25-17(15)23/h2-6,8-12,19H,7H2,1H3,(H,26,27,28). The van der Waals surface area contributed by atoms with E-state index >= 15 is 0 Å². The second-order valence-corrected chi connectivity index (χ2v) is 6.65. The summed E-state index contributed by atoms with van der Waals surface area (Å²) in [5, 5.41) is 2.99. The zero-order valence-corrected chi connectivity index (χ0v) is 15.0. The lowest BCUT2D eigenvalue weighted by Crippen LogP contribution is -2.38. The zero-order valence-electron chi connectivity index (χ0n) is 15.0. The van der Waals surface area contributed by atoms with Gasteiger partial charge in [0.1, 0.15) is 11.7 Å². The molecular formula is C21H17F3N4. The Bertz CT molecular complexity index is 1030. The van der Waals surface area contributed by atoms with Gasteiger partial charge in [-0.3, -0.25) is 0 Å². The molecule has 4 nitrogen and oxygen atoms in total. The molecular weight excluding hydrogens is 365 g/mol. The number of pyridine rings is 1. The summed E-state index contributed by atoms with van der Waals surface area (Å²) < 4.78 is 41.3. The molecule has 0 bridgehead atoms. The fourth-order valence-electron chi connectivity index (χ4n) is 3.18. The molecule has 0 saturated heterocycles. The predicted molar refractivity (Wildman–Crippen MR) is 101 cm³/mol. The Morgan fingerprint density at radius 2 is 1.75 bits per heavy atom. The summed E-state index contributed by atoms with van der Waals surface area (Å²) in [7, 11) is 0. The van der Waals surface area contributed by atoms with Gasteiger partial charge in [-0.05, 0) is 29.5 Å². The summed E-state index contributed by atoms with van der Waals surface area (Å²) in [6.07, 6.45) is 6.13. The molecule has 0 radical (unpaired) electrons. The number of aliphatic imine (C=N–C) groups is 2. The summed E-state index contributed by atoms with van der Waals surface area (Å²) >= 11 is 0. The van der Waals surface area contributed by atoms with Gasteiger partial charge in [0.2, 0.25) is 5.95 Å². The Labute approximate surface area is 160 Å². The minimum atomic E-state index is -1.49. The Morgan fingerprint density at radius 3 is 2.50 bits per heavy atom. The van der Waals surface area contributed by atoms with Crippen molar-refractivity contribution in [3.8, 4) is 0 Å². The average Bonchev–Trinajstić information content (AvgIpc) is 2.71. The van der Waals surface area contributed by atoms with Gasteiger partial charge in [-0.25, -0.2) is 14.4 Å². The van der Waals surface area contributed by atoms with E-state index in [9.17, 15) is 13.2 Å². The highest BCUT2D eigenvalue weighted by atomic mass is 19.2. The number of aromatic nitrogens is 1. The topological polar surface area (TPSA) is 49.6 Å². The normalized spacial score (nSPS) is 21.5. The van der Waals surface area contributed by atoms with Crippen LogP contribution in [0.5, 0.6) is 0 Å². The van der Waals surface area contributed by atoms with Crippen LogP contribution in [0.15, 0.2) is 70.2 Å². The fraction of sp³-hybridized carbons (Fsp3) is 0.190. The SMILES string of the molecule is CC1CC=CC=C1C1=NC(c2ccccc2)N=C(c2cc(F)c(F)nc2F)N1. The van der Waals surface area contributed by atoms with Gasteiger partial charge in [0.25, 0.3) is 5.95 Å². The van der Waals surface area contributed by atoms with Gasteiger partial charge in [-0.1, -0.05) is 55.5 Å². The largest absolute Gasteiger partial charge is 0.325 e. The molecule has 1 aromatic carbocycles. The van der Waals surface area contributed by atoms with E-state index in [1.807, 2.05) is 42.5 Å². The van der Waals surface area contributed by atoms with Crippen molar-refractivity contribution in [2.45, 2.75) is 19.5 Å². The number of hydrogen-bond donors (Lipinski definition) is 1. The van der Waals surface area contributed by atoms with Gasteiger partial charge in [0, 0.05) is 0 Å². The second kappa shape index (κ2) is 7.42. The van der Waals surface area contributed by atoms with Crippen molar-refractivity contribution in [1.82, 2.24) is 10.3 Å².